The largest absolute Gasteiger partial charge is 0.508 e. The Morgan fingerprint density at radius 1 is 1.33 bits per heavy atom. The van der Waals surface area contributed by atoms with E-state index in [1.165, 1.54) is 19.2 Å². The van der Waals surface area contributed by atoms with Gasteiger partial charge in [0.25, 0.3) is 0 Å². The van der Waals surface area contributed by atoms with E-state index in [1.807, 2.05) is 4.90 Å². The molecule has 0 amide bonds. The predicted octanol–water partition coefficient (Wildman–Crippen LogP) is 3.32. The van der Waals surface area contributed by atoms with Gasteiger partial charge in [-0.2, -0.15) is 13.2 Å². The summed E-state index contributed by atoms with van der Waals surface area (Å²) in [6.07, 6.45) is -5.36. The molecular weight excluding hydrogens is 391 g/mol. The third-order valence-electron chi connectivity index (χ3n) is 3.91. The van der Waals surface area contributed by atoms with Crippen LogP contribution in [0.4, 0.5) is 18.0 Å². The highest BCUT2D eigenvalue weighted by Gasteiger charge is 2.31. The molecule has 10 heteroatoms. The van der Waals surface area contributed by atoms with Crippen LogP contribution < -0.4 is 4.74 Å². The van der Waals surface area contributed by atoms with Crippen LogP contribution in [0.3, 0.4) is 0 Å². The first kappa shape index (κ1) is 23.0. The van der Waals surface area contributed by atoms with Crippen molar-refractivity contribution in [2.45, 2.75) is 25.1 Å². The smallest absolute Gasteiger partial charge is 0.494 e. The summed E-state index contributed by atoms with van der Waals surface area (Å²) in [6.45, 7) is 1.59. The van der Waals surface area contributed by atoms with Gasteiger partial charge in [0.1, 0.15) is 5.75 Å². The number of carbonyl (C=O) groups excluding carboxylic acids is 2. The number of alkyl halides is 3. The van der Waals surface area contributed by atoms with Gasteiger partial charge in [-0.05, 0) is 24.6 Å². The van der Waals surface area contributed by atoms with Crippen LogP contribution in [0.15, 0.2) is 24.3 Å². The topological polar surface area (TPSA) is 65.1 Å². The fourth-order valence-electron chi connectivity index (χ4n) is 2.57. The number of ether oxygens (including phenoxy) is 3. The second-order valence-electron chi connectivity index (χ2n) is 5.81. The van der Waals surface area contributed by atoms with E-state index >= 15 is 0 Å². The number of halogens is 4. The molecule has 1 aromatic carbocycles. The molecule has 2 rings (SSSR count). The average molecular weight is 412 g/mol. The molecule has 1 fully saturated rings. The molecule has 1 aliphatic heterocycles. The van der Waals surface area contributed by atoms with Crippen LogP contribution >= 0.6 is 12.4 Å². The van der Waals surface area contributed by atoms with Gasteiger partial charge in [0.05, 0.1) is 19.3 Å². The molecule has 0 N–H and O–H groups in total. The highest BCUT2D eigenvalue weighted by molar-refractivity contribution is 5.86. The lowest BCUT2D eigenvalue weighted by Crippen LogP contribution is -2.46. The van der Waals surface area contributed by atoms with Gasteiger partial charge >= 0.3 is 12.3 Å². The van der Waals surface area contributed by atoms with Crippen molar-refractivity contribution >= 4 is 24.3 Å². The lowest BCUT2D eigenvalue weighted by atomic mass is 10.1. The van der Waals surface area contributed by atoms with Gasteiger partial charge in [0, 0.05) is 26.1 Å². The maximum atomic E-state index is 12.6. The van der Waals surface area contributed by atoms with E-state index in [9.17, 15) is 22.8 Å². The summed E-state index contributed by atoms with van der Waals surface area (Å²) in [5.74, 6) is -0.00702. The minimum absolute atomic E-state index is 0. The monoisotopic (exact) mass is 411 g/mol. The van der Waals surface area contributed by atoms with Gasteiger partial charge in [-0.1, -0.05) is 6.07 Å². The van der Waals surface area contributed by atoms with E-state index in [2.05, 4.69) is 4.74 Å². The van der Waals surface area contributed by atoms with Crippen molar-refractivity contribution in [2.75, 3.05) is 33.4 Å². The third-order valence-corrected chi connectivity index (χ3v) is 3.91. The van der Waals surface area contributed by atoms with E-state index in [0.29, 0.717) is 19.5 Å². The Kier molecular flexibility index (Phi) is 8.84. The number of piperidine rings is 1. The minimum Gasteiger partial charge on any atom is -0.494 e. The summed E-state index contributed by atoms with van der Waals surface area (Å²) < 4.78 is 52.6. The second-order valence-corrected chi connectivity index (χ2v) is 5.81. The van der Waals surface area contributed by atoms with Crippen LogP contribution in [0.1, 0.15) is 18.4 Å². The molecule has 1 aromatic rings. The number of likely N-dealkylation sites (tertiary alicyclic amines) is 1. The Balaban J connectivity index is 0.00000364. The van der Waals surface area contributed by atoms with Gasteiger partial charge in [0.15, 0.2) is 11.9 Å². The lowest BCUT2D eigenvalue weighted by Gasteiger charge is -2.30. The summed E-state index contributed by atoms with van der Waals surface area (Å²) in [5.41, 5.74) is -0.757. The van der Waals surface area contributed by atoms with Crippen molar-refractivity contribution in [3.05, 3.63) is 29.8 Å². The van der Waals surface area contributed by atoms with Crippen LogP contribution in [-0.2, 0) is 20.4 Å². The number of benzene rings is 1. The first-order valence-corrected chi connectivity index (χ1v) is 8.09. The highest BCUT2D eigenvalue weighted by Crippen LogP contribution is 2.31. The quantitative estimate of drug-likeness (QED) is 0.528. The van der Waals surface area contributed by atoms with Crippen LogP contribution in [0.2, 0.25) is 0 Å². The first-order valence-electron chi connectivity index (χ1n) is 8.09. The van der Waals surface area contributed by atoms with Gasteiger partial charge in [0.2, 0.25) is 0 Å². The van der Waals surface area contributed by atoms with Crippen LogP contribution in [0.25, 0.3) is 0 Å². The Morgan fingerprint density at radius 2 is 2.07 bits per heavy atom. The standard InChI is InChI=1S/C17H20F3NO5.ClH/c1-24-16(23)26-15-11-21(8-6-14(15)22)7-3-9-25-13-5-2-4-12(10-13)17(18,19)20;/h2,4-5,10,15H,3,6-9,11H2,1H3;1H. The van der Waals surface area contributed by atoms with Crippen LogP contribution in [0.5, 0.6) is 5.75 Å². The number of nitrogens with zero attached hydrogens (tertiary/aromatic N) is 1. The third kappa shape index (κ3) is 7.26. The molecule has 1 aliphatic rings. The zero-order chi connectivity index (χ0) is 19.2. The fraction of sp³-hybridized carbons (Fsp3) is 0.529. The zero-order valence-corrected chi connectivity index (χ0v) is 15.5. The number of rotatable bonds is 6. The molecule has 6 nitrogen and oxygen atoms in total. The van der Waals surface area contributed by atoms with Crippen molar-refractivity contribution < 1.29 is 37.0 Å². The number of hydrogen-bond donors (Lipinski definition) is 0. The summed E-state index contributed by atoms with van der Waals surface area (Å²) in [5, 5.41) is 0. The van der Waals surface area contributed by atoms with Crippen molar-refractivity contribution in [1.29, 1.82) is 0 Å². The van der Waals surface area contributed by atoms with Crippen molar-refractivity contribution in [2.24, 2.45) is 0 Å². The molecule has 0 radical (unpaired) electrons. The fourth-order valence-corrected chi connectivity index (χ4v) is 2.57. The van der Waals surface area contributed by atoms with E-state index in [1.54, 1.807) is 0 Å². The van der Waals surface area contributed by atoms with Crippen molar-refractivity contribution in [3.8, 4) is 5.75 Å². The normalized spacial score (nSPS) is 17.8. The Bertz CT molecular complexity index is 641. The molecule has 1 saturated heterocycles. The van der Waals surface area contributed by atoms with Gasteiger partial charge < -0.3 is 14.2 Å². The van der Waals surface area contributed by atoms with Crippen molar-refractivity contribution in [3.63, 3.8) is 0 Å². The molecule has 152 valence electrons. The SMILES string of the molecule is COC(=O)OC1CN(CCCOc2cccc(C(F)(F)F)c2)CCC1=O.Cl. The Labute approximate surface area is 161 Å². The summed E-state index contributed by atoms with van der Waals surface area (Å²) in [4.78, 5) is 24.8. The van der Waals surface area contributed by atoms with E-state index in [4.69, 9.17) is 9.47 Å². The first-order chi connectivity index (χ1) is 12.3. The average Bonchev–Trinajstić information content (AvgIpc) is 2.60. The molecule has 27 heavy (non-hydrogen) atoms. The molecule has 0 saturated carbocycles. The van der Waals surface area contributed by atoms with E-state index in [0.717, 1.165) is 12.1 Å². The molecule has 0 aliphatic carbocycles. The molecule has 0 bridgehead atoms. The summed E-state index contributed by atoms with van der Waals surface area (Å²) in [6, 6.07) is 4.71. The minimum atomic E-state index is -4.41. The Hall–Kier alpha value is -2.00. The molecular formula is C17H21ClF3NO5. The Morgan fingerprint density at radius 3 is 2.74 bits per heavy atom. The molecule has 1 unspecified atom stereocenters. The predicted molar refractivity (Wildman–Crippen MR) is 92.1 cm³/mol. The van der Waals surface area contributed by atoms with E-state index < -0.39 is 24.0 Å². The van der Waals surface area contributed by atoms with Crippen LogP contribution in [-0.4, -0.2) is 56.3 Å². The molecule has 0 spiro atoms. The van der Waals surface area contributed by atoms with E-state index in [-0.39, 0.29) is 43.5 Å². The second kappa shape index (κ2) is 10.4. The maximum Gasteiger partial charge on any atom is 0.508 e. The molecule has 1 heterocycles. The molecule has 1 atom stereocenters. The number of carbonyl (C=O) groups is 2. The number of ketones is 1. The summed E-state index contributed by atoms with van der Waals surface area (Å²) in [7, 11) is 1.17. The molecule has 0 aromatic heterocycles. The van der Waals surface area contributed by atoms with Gasteiger partial charge in [-0.25, -0.2) is 4.79 Å². The van der Waals surface area contributed by atoms with Gasteiger partial charge in [-0.15, -0.1) is 12.4 Å². The van der Waals surface area contributed by atoms with Crippen molar-refractivity contribution in [1.82, 2.24) is 4.90 Å². The van der Waals surface area contributed by atoms with Crippen LogP contribution in [0, 0.1) is 0 Å². The highest BCUT2D eigenvalue weighted by atomic mass is 35.5. The number of Topliss-reactive ketones (excluding diaryl/α,β-unsaturated/α-hetero) is 1. The number of methoxy groups -OCH3 is 1. The zero-order valence-electron chi connectivity index (χ0n) is 14.7. The maximum absolute atomic E-state index is 12.6. The lowest BCUT2D eigenvalue weighted by molar-refractivity contribution is -0.137. The summed E-state index contributed by atoms with van der Waals surface area (Å²) >= 11 is 0. The number of hydrogen-bond acceptors (Lipinski definition) is 6. The van der Waals surface area contributed by atoms with Gasteiger partial charge in [-0.3, -0.25) is 9.69 Å².